The molecule has 0 aliphatic heterocycles. The smallest absolute Gasteiger partial charge is 0.252 e. The molecule has 1 aromatic heterocycles. The molecule has 1 aromatic rings. The number of hydrogen-bond acceptors (Lipinski definition) is 2. The van der Waals surface area contributed by atoms with Gasteiger partial charge >= 0.3 is 0 Å². The molecule has 0 aromatic carbocycles. The van der Waals surface area contributed by atoms with E-state index in [4.69, 9.17) is 17.3 Å². The molecule has 0 fully saturated rings. The van der Waals surface area contributed by atoms with Crippen LogP contribution in [0.2, 0.25) is 5.15 Å². The van der Waals surface area contributed by atoms with Crippen LogP contribution in [-0.4, -0.2) is 10.9 Å². The Morgan fingerprint density at radius 2 is 1.88 bits per heavy atom. The molecule has 92 valence electrons. The van der Waals surface area contributed by atoms with Gasteiger partial charge in [0.05, 0.1) is 5.56 Å². The van der Waals surface area contributed by atoms with Gasteiger partial charge in [-0.1, -0.05) is 25.4 Å². The average Bonchev–Trinajstić information content (AvgIpc) is 2.27. The molecule has 1 aliphatic rings. The van der Waals surface area contributed by atoms with Crippen molar-refractivity contribution < 1.29 is 4.79 Å². The van der Waals surface area contributed by atoms with E-state index in [0.29, 0.717) is 11.5 Å². The molecule has 1 amide bonds. The second kappa shape index (κ2) is 4.65. The van der Waals surface area contributed by atoms with Crippen LogP contribution in [0.15, 0.2) is 0 Å². The molecule has 17 heavy (non-hydrogen) atoms. The van der Waals surface area contributed by atoms with E-state index >= 15 is 0 Å². The summed E-state index contributed by atoms with van der Waals surface area (Å²) in [4.78, 5) is 15.8. The standard InChI is InChI=1S/C13H17ClN2O/c1-7(2)11-9-6-4-3-5-8(9)10(13(15)17)12(14)16-11/h7H,3-6H2,1-2H3,(H2,15,17). The van der Waals surface area contributed by atoms with Gasteiger partial charge in [-0.2, -0.15) is 0 Å². The largest absolute Gasteiger partial charge is 0.365 e. The fourth-order valence-corrected chi connectivity index (χ4v) is 2.84. The number of carbonyl (C=O) groups is 1. The minimum Gasteiger partial charge on any atom is -0.365 e. The molecule has 0 atom stereocenters. The van der Waals surface area contributed by atoms with Crippen molar-refractivity contribution in [1.29, 1.82) is 0 Å². The highest BCUT2D eigenvalue weighted by atomic mass is 35.5. The fraction of sp³-hybridized carbons (Fsp3) is 0.538. The zero-order valence-corrected chi connectivity index (χ0v) is 11.0. The Bertz CT molecular complexity index is 469. The summed E-state index contributed by atoms with van der Waals surface area (Å²) < 4.78 is 0. The van der Waals surface area contributed by atoms with Gasteiger partial charge in [-0.15, -0.1) is 0 Å². The van der Waals surface area contributed by atoms with Crippen molar-refractivity contribution >= 4 is 17.5 Å². The Labute approximate surface area is 106 Å². The fourth-order valence-electron chi connectivity index (χ4n) is 2.55. The van der Waals surface area contributed by atoms with Gasteiger partial charge in [-0.25, -0.2) is 4.98 Å². The van der Waals surface area contributed by atoms with E-state index in [9.17, 15) is 4.79 Å². The summed E-state index contributed by atoms with van der Waals surface area (Å²) >= 11 is 6.09. The second-order valence-corrected chi connectivity index (χ2v) is 5.20. The molecule has 2 rings (SSSR count). The van der Waals surface area contributed by atoms with E-state index in [1.165, 1.54) is 5.56 Å². The number of aromatic nitrogens is 1. The summed E-state index contributed by atoms with van der Waals surface area (Å²) in [6.07, 6.45) is 4.10. The van der Waals surface area contributed by atoms with Crippen molar-refractivity contribution in [2.45, 2.75) is 45.4 Å². The van der Waals surface area contributed by atoms with E-state index in [2.05, 4.69) is 18.8 Å². The number of amides is 1. The summed E-state index contributed by atoms with van der Waals surface area (Å²) in [5, 5.41) is 0.266. The van der Waals surface area contributed by atoms with E-state index in [1.807, 2.05) is 0 Å². The normalized spacial score (nSPS) is 14.8. The maximum atomic E-state index is 11.5. The maximum Gasteiger partial charge on any atom is 0.252 e. The first-order valence-corrected chi connectivity index (χ1v) is 6.41. The summed E-state index contributed by atoms with van der Waals surface area (Å²) in [6.45, 7) is 4.19. The van der Waals surface area contributed by atoms with E-state index < -0.39 is 5.91 Å². The molecular formula is C13H17ClN2O. The van der Waals surface area contributed by atoms with Gasteiger partial charge < -0.3 is 5.73 Å². The van der Waals surface area contributed by atoms with Crippen LogP contribution in [0.4, 0.5) is 0 Å². The summed E-state index contributed by atoms with van der Waals surface area (Å²) in [5.41, 5.74) is 9.09. The molecule has 3 nitrogen and oxygen atoms in total. The molecule has 2 N–H and O–H groups in total. The van der Waals surface area contributed by atoms with Gasteiger partial charge in [0, 0.05) is 5.69 Å². The molecule has 0 unspecified atom stereocenters. The number of pyridine rings is 1. The summed E-state index contributed by atoms with van der Waals surface area (Å²) in [6, 6.07) is 0. The predicted molar refractivity (Wildman–Crippen MR) is 68.5 cm³/mol. The minimum absolute atomic E-state index is 0.266. The Hall–Kier alpha value is -1.09. The van der Waals surface area contributed by atoms with Crippen LogP contribution < -0.4 is 5.73 Å². The first-order valence-electron chi connectivity index (χ1n) is 6.03. The zero-order chi connectivity index (χ0) is 12.6. The first-order chi connectivity index (χ1) is 8.02. The van der Waals surface area contributed by atoms with Gasteiger partial charge in [-0.3, -0.25) is 4.79 Å². The van der Waals surface area contributed by atoms with Crippen molar-refractivity contribution in [2.24, 2.45) is 5.73 Å². The monoisotopic (exact) mass is 252 g/mol. The number of carbonyl (C=O) groups excluding carboxylic acids is 1. The van der Waals surface area contributed by atoms with Crippen molar-refractivity contribution in [3.8, 4) is 0 Å². The highest BCUT2D eigenvalue weighted by Crippen LogP contribution is 2.33. The van der Waals surface area contributed by atoms with Crippen molar-refractivity contribution in [1.82, 2.24) is 4.98 Å². The van der Waals surface area contributed by atoms with Crippen molar-refractivity contribution in [2.75, 3.05) is 0 Å². The van der Waals surface area contributed by atoms with Gasteiger partial charge in [0.25, 0.3) is 5.91 Å². The SMILES string of the molecule is CC(C)c1nc(Cl)c(C(N)=O)c2c1CCCC2. The Morgan fingerprint density at radius 3 is 2.41 bits per heavy atom. The van der Waals surface area contributed by atoms with Crippen LogP contribution in [0.1, 0.15) is 59.8 Å². The van der Waals surface area contributed by atoms with Crippen molar-refractivity contribution in [3.63, 3.8) is 0 Å². The number of halogens is 1. The summed E-state index contributed by atoms with van der Waals surface area (Å²) in [5.74, 6) is -0.141. The molecule has 1 aliphatic carbocycles. The average molecular weight is 253 g/mol. The highest BCUT2D eigenvalue weighted by molar-refractivity contribution is 6.32. The van der Waals surface area contributed by atoms with Gasteiger partial charge in [-0.05, 0) is 42.7 Å². The Balaban J connectivity index is 2.69. The lowest BCUT2D eigenvalue weighted by molar-refractivity contribution is 0.0999. The van der Waals surface area contributed by atoms with Crippen LogP contribution in [-0.2, 0) is 12.8 Å². The van der Waals surface area contributed by atoms with Crippen LogP contribution in [0.25, 0.3) is 0 Å². The maximum absolute atomic E-state index is 11.5. The molecule has 0 saturated carbocycles. The minimum atomic E-state index is -0.462. The number of nitrogens with zero attached hydrogens (tertiary/aromatic N) is 1. The Morgan fingerprint density at radius 1 is 1.29 bits per heavy atom. The van der Waals surface area contributed by atoms with Crippen LogP contribution in [0.5, 0.6) is 0 Å². The third-order valence-electron chi connectivity index (χ3n) is 3.30. The Kier molecular flexibility index (Phi) is 3.38. The lowest BCUT2D eigenvalue weighted by Crippen LogP contribution is -2.21. The molecular weight excluding hydrogens is 236 g/mol. The van der Waals surface area contributed by atoms with E-state index in [1.54, 1.807) is 0 Å². The molecule has 0 bridgehead atoms. The van der Waals surface area contributed by atoms with Gasteiger partial charge in [0.2, 0.25) is 0 Å². The van der Waals surface area contributed by atoms with Crippen LogP contribution in [0.3, 0.4) is 0 Å². The number of nitrogens with two attached hydrogens (primary N) is 1. The molecule has 0 saturated heterocycles. The lowest BCUT2D eigenvalue weighted by atomic mass is 9.85. The third-order valence-corrected chi connectivity index (χ3v) is 3.57. The van der Waals surface area contributed by atoms with Gasteiger partial charge in [0.15, 0.2) is 0 Å². The number of fused-ring (bicyclic) bond motifs is 1. The van der Waals surface area contributed by atoms with Crippen LogP contribution >= 0.6 is 11.6 Å². The predicted octanol–water partition coefficient (Wildman–Crippen LogP) is 2.84. The third kappa shape index (κ3) is 2.16. The summed E-state index contributed by atoms with van der Waals surface area (Å²) in [7, 11) is 0. The quantitative estimate of drug-likeness (QED) is 0.823. The molecule has 4 heteroatoms. The van der Waals surface area contributed by atoms with Crippen LogP contribution in [0, 0.1) is 0 Å². The molecule has 1 heterocycles. The van der Waals surface area contributed by atoms with Gasteiger partial charge in [0.1, 0.15) is 5.15 Å². The second-order valence-electron chi connectivity index (χ2n) is 4.85. The number of hydrogen-bond donors (Lipinski definition) is 1. The zero-order valence-electron chi connectivity index (χ0n) is 10.2. The number of rotatable bonds is 2. The lowest BCUT2D eigenvalue weighted by Gasteiger charge is -2.23. The number of primary amides is 1. The first kappa shape index (κ1) is 12.4. The van der Waals surface area contributed by atoms with E-state index in [-0.39, 0.29) is 5.15 Å². The van der Waals surface area contributed by atoms with E-state index in [0.717, 1.165) is 36.9 Å². The van der Waals surface area contributed by atoms with Crippen molar-refractivity contribution in [3.05, 3.63) is 27.5 Å². The molecule has 0 radical (unpaired) electrons. The highest BCUT2D eigenvalue weighted by Gasteiger charge is 2.24. The topological polar surface area (TPSA) is 56.0 Å². The molecule has 0 spiro atoms.